The van der Waals surface area contributed by atoms with Crippen molar-refractivity contribution < 1.29 is 4.39 Å². The summed E-state index contributed by atoms with van der Waals surface area (Å²) < 4.78 is 15.9. The molecule has 1 aliphatic carbocycles. The van der Waals surface area contributed by atoms with Gasteiger partial charge in [0.05, 0.1) is 16.9 Å². The second-order valence-corrected chi connectivity index (χ2v) is 6.85. The third-order valence-electron chi connectivity index (χ3n) is 4.22. The number of rotatable bonds is 3. The van der Waals surface area contributed by atoms with E-state index in [0.29, 0.717) is 22.7 Å². The van der Waals surface area contributed by atoms with Crippen LogP contribution in [-0.2, 0) is 5.88 Å². The van der Waals surface area contributed by atoms with Gasteiger partial charge in [0.25, 0.3) is 0 Å². The van der Waals surface area contributed by atoms with Gasteiger partial charge in [-0.25, -0.2) is 9.37 Å². The molecule has 2 aromatic rings. The molecular formula is C15H18ClFN2S. The van der Waals surface area contributed by atoms with Crippen molar-refractivity contribution in [3.8, 4) is 0 Å². The van der Waals surface area contributed by atoms with Crippen LogP contribution in [0.4, 0.5) is 4.39 Å². The summed E-state index contributed by atoms with van der Waals surface area (Å²) in [5.41, 5.74) is 2.40. The van der Waals surface area contributed by atoms with E-state index in [2.05, 4.69) is 15.8 Å². The first kappa shape index (κ1) is 14.2. The highest BCUT2D eigenvalue weighted by Gasteiger charge is 2.28. The van der Waals surface area contributed by atoms with Crippen molar-refractivity contribution in [3.05, 3.63) is 29.3 Å². The van der Waals surface area contributed by atoms with E-state index in [9.17, 15) is 4.39 Å². The molecule has 108 valence electrons. The lowest BCUT2D eigenvalue weighted by atomic mass is 10.2. The average molecular weight is 313 g/mol. The lowest BCUT2D eigenvalue weighted by Gasteiger charge is -2.16. The molecule has 20 heavy (non-hydrogen) atoms. The van der Waals surface area contributed by atoms with Crippen LogP contribution in [0.2, 0.25) is 0 Å². The van der Waals surface area contributed by atoms with Crippen LogP contribution in [0.15, 0.2) is 12.1 Å². The first-order valence-electron chi connectivity index (χ1n) is 6.89. The van der Waals surface area contributed by atoms with Crippen LogP contribution in [0.1, 0.15) is 36.7 Å². The fourth-order valence-electron chi connectivity index (χ4n) is 3.14. The zero-order valence-corrected chi connectivity index (χ0v) is 13.3. The van der Waals surface area contributed by atoms with Gasteiger partial charge in [-0.3, -0.25) is 0 Å². The molecule has 1 aromatic carbocycles. The van der Waals surface area contributed by atoms with Gasteiger partial charge in [0.15, 0.2) is 0 Å². The van der Waals surface area contributed by atoms with Crippen molar-refractivity contribution in [1.82, 2.24) is 9.55 Å². The molecule has 2 unspecified atom stereocenters. The topological polar surface area (TPSA) is 17.8 Å². The van der Waals surface area contributed by atoms with Gasteiger partial charge in [-0.1, -0.05) is 0 Å². The van der Waals surface area contributed by atoms with Crippen LogP contribution in [0.5, 0.6) is 0 Å². The lowest BCUT2D eigenvalue weighted by Crippen LogP contribution is -2.09. The Balaban J connectivity index is 2.11. The number of halogens is 2. The number of hydrogen-bond donors (Lipinski definition) is 0. The van der Waals surface area contributed by atoms with Crippen molar-refractivity contribution in [2.75, 3.05) is 6.26 Å². The fraction of sp³-hybridized carbons (Fsp3) is 0.533. The number of nitrogens with zero attached hydrogens (tertiary/aromatic N) is 2. The van der Waals surface area contributed by atoms with Gasteiger partial charge in [0.1, 0.15) is 11.6 Å². The van der Waals surface area contributed by atoms with E-state index in [1.807, 2.05) is 17.8 Å². The molecule has 1 fully saturated rings. The number of benzene rings is 1. The van der Waals surface area contributed by atoms with Crippen molar-refractivity contribution >= 4 is 34.4 Å². The molecule has 1 aliphatic rings. The van der Waals surface area contributed by atoms with Gasteiger partial charge in [0.2, 0.25) is 0 Å². The monoisotopic (exact) mass is 312 g/mol. The molecule has 0 bridgehead atoms. The highest BCUT2D eigenvalue weighted by Crippen LogP contribution is 2.39. The number of aryl methyl sites for hydroxylation is 1. The summed E-state index contributed by atoms with van der Waals surface area (Å²) in [4.78, 5) is 4.51. The van der Waals surface area contributed by atoms with E-state index >= 15 is 0 Å². The molecule has 2 atom stereocenters. The average Bonchev–Trinajstić information content (AvgIpc) is 3.03. The minimum absolute atomic E-state index is 0.198. The Kier molecular flexibility index (Phi) is 3.95. The van der Waals surface area contributed by atoms with Gasteiger partial charge in [-0.15, -0.1) is 11.6 Å². The molecule has 0 saturated heterocycles. The number of imidazole rings is 1. The summed E-state index contributed by atoms with van der Waals surface area (Å²) in [6.45, 7) is 1.80. The number of thioether (sulfide) groups is 1. The summed E-state index contributed by atoms with van der Waals surface area (Å²) in [7, 11) is 0. The largest absolute Gasteiger partial charge is 0.324 e. The van der Waals surface area contributed by atoms with Crippen LogP contribution >= 0.6 is 23.4 Å². The number of fused-ring (bicyclic) bond motifs is 1. The molecule has 0 aliphatic heterocycles. The summed E-state index contributed by atoms with van der Waals surface area (Å²) in [6.07, 6.45) is 5.69. The van der Waals surface area contributed by atoms with Crippen LogP contribution in [0, 0.1) is 12.7 Å². The quantitative estimate of drug-likeness (QED) is 0.766. The summed E-state index contributed by atoms with van der Waals surface area (Å²) in [5.74, 6) is 1.03. The fourth-order valence-corrected chi connectivity index (χ4v) is 4.11. The maximum Gasteiger partial charge on any atom is 0.128 e. The second-order valence-electron chi connectivity index (χ2n) is 5.45. The number of aromatic nitrogens is 2. The number of hydrogen-bond acceptors (Lipinski definition) is 2. The Hall–Kier alpha value is -0.740. The van der Waals surface area contributed by atoms with E-state index in [-0.39, 0.29) is 5.82 Å². The summed E-state index contributed by atoms with van der Waals surface area (Å²) in [5, 5.41) is 0.710. The molecule has 0 spiro atoms. The molecule has 0 N–H and O–H groups in total. The van der Waals surface area contributed by atoms with E-state index in [0.717, 1.165) is 29.7 Å². The highest BCUT2D eigenvalue weighted by atomic mass is 35.5. The summed E-state index contributed by atoms with van der Waals surface area (Å²) in [6, 6.07) is 3.87. The minimum Gasteiger partial charge on any atom is -0.324 e. The Morgan fingerprint density at radius 2 is 2.25 bits per heavy atom. The molecule has 0 radical (unpaired) electrons. The van der Waals surface area contributed by atoms with Gasteiger partial charge >= 0.3 is 0 Å². The van der Waals surface area contributed by atoms with Crippen LogP contribution < -0.4 is 0 Å². The Morgan fingerprint density at radius 1 is 1.45 bits per heavy atom. The second kappa shape index (κ2) is 5.57. The molecule has 2 nitrogen and oxygen atoms in total. The van der Waals surface area contributed by atoms with Crippen LogP contribution in [-0.4, -0.2) is 21.1 Å². The van der Waals surface area contributed by atoms with Gasteiger partial charge in [-0.2, -0.15) is 11.8 Å². The van der Waals surface area contributed by atoms with Crippen molar-refractivity contribution in [3.63, 3.8) is 0 Å². The maximum absolute atomic E-state index is 13.7. The molecule has 1 saturated carbocycles. The Labute approximate surface area is 127 Å². The van der Waals surface area contributed by atoms with E-state index < -0.39 is 0 Å². The van der Waals surface area contributed by atoms with Gasteiger partial charge < -0.3 is 4.57 Å². The zero-order valence-electron chi connectivity index (χ0n) is 11.7. The molecule has 3 rings (SSSR count). The number of alkyl halides is 1. The van der Waals surface area contributed by atoms with Gasteiger partial charge in [0, 0.05) is 17.4 Å². The normalized spacial score (nSPS) is 22.8. The molecule has 1 aromatic heterocycles. The molecular weight excluding hydrogens is 295 g/mol. The van der Waals surface area contributed by atoms with E-state index in [1.54, 1.807) is 6.92 Å². The third kappa shape index (κ3) is 2.33. The van der Waals surface area contributed by atoms with Crippen LogP contribution in [0.3, 0.4) is 0 Å². The first-order valence-corrected chi connectivity index (χ1v) is 8.72. The first-order chi connectivity index (χ1) is 9.63. The Morgan fingerprint density at radius 3 is 2.90 bits per heavy atom. The zero-order chi connectivity index (χ0) is 14.3. The smallest absolute Gasteiger partial charge is 0.128 e. The maximum atomic E-state index is 13.7. The van der Waals surface area contributed by atoms with E-state index in [4.69, 9.17) is 11.6 Å². The molecule has 1 heterocycles. The van der Waals surface area contributed by atoms with Crippen molar-refractivity contribution in [2.24, 2.45) is 0 Å². The van der Waals surface area contributed by atoms with Crippen LogP contribution in [0.25, 0.3) is 11.0 Å². The molecule has 0 amide bonds. The van der Waals surface area contributed by atoms with Gasteiger partial charge in [-0.05, 0) is 44.1 Å². The minimum atomic E-state index is -0.198. The highest BCUT2D eigenvalue weighted by molar-refractivity contribution is 7.99. The predicted molar refractivity (Wildman–Crippen MR) is 84.2 cm³/mol. The van der Waals surface area contributed by atoms with E-state index in [1.165, 1.54) is 12.5 Å². The standard InChI is InChI=1S/C15H18ClFN2S/c1-9-5-14-13(7-12(9)17)18-15(8-16)19(14)10-3-4-11(6-10)20-2/h5,7,10-11H,3-4,6,8H2,1-2H3. The Bertz CT molecular complexity index is 640. The predicted octanol–water partition coefficient (Wildman–Crippen LogP) is 4.68. The SMILES string of the molecule is CSC1CCC(n2c(CCl)nc3cc(F)c(C)cc32)C1. The lowest BCUT2D eigenvalue weighted by molar-refractivity contribution is 0.519. The van der Waals surface area contributed by atoms with Crippen molar-refractivity contribution in [2.45, 2.75) is 43.4 Å². The van der Waals surface area contributed by atoms with Crippen molar-refractivity contribution in [1.29, 1.82) is 0 Å². The third-order valence-corrected chi connectivity index (χ3v) is 5.55. The summed E-state index contributed by atoms with van der Waals surface area (Å²) >= 11 is 7.98. The molecule has 5 heteroatoms.